The first-order valence-corrected chi connectivity index (χ1v) is 22.2. The van der Waals surface area contributed by atoms with Gasteiger partial charge in [0, 0.05) is 75.0 Å². The highest BCUT2D eigenvalue weighted by atomic mass is 32.2. The van der Waals surface area contributed by atoms with E-state index in [0.717, 1.165) is 50.8 Å². The van der Waals surface area contributed by atoms with Gasteiger partial charge in [-0.3, -0.25) is 14.1 Å². The normalized spacial score (nSPS) is 19.3. The van der Waals surface area contributed by atoms with Crippen LogP contribution in [0.3, 0.4) is 0 Å². The average molecular weight is 854 g/mol. The van der Waals surface area contributed by atoms with E-state index in [1.807, 2.05) is 60.8 Å². The standard InChI is InChI=1S/C44H49F2N9O5S/c1-28(2)60-37-14-11-29(26-32(37)43(56)51-41-33(45)8-7-9-34(41)46)40-42(55-19-6-5-10-39(55)50-40)36-15-18-47-44(49-36)48-35-13-12-31(27-38(35)59-3)52-20-16-30(17-21-52)53-22-24-54(25-23-53)61(4,57)58/h5-15,18-19,26-28,30,33,41H,16-17,20-25H2,1-4H3,(H,51,56)(H,47,48,49). The molecule has 3 aromatic heterocycles. The number of carbonyl (C=O) groups is 1. The predicted molar refractivity (Wildman–Crippen MR) is 231 cm³/mol. The van der Waals surface area contributed by atoms with Crippen LogP contribution in [0, 0.1) is 0 Å². The number of sulfonamides is 1. The number of nitrogens with zero attached hydrogens (tertiary/aromatic N) is 7. The van der Waals surface area contributed by atoms with Gasteiger partial charge in [-0.2, -0.15) is 4.31 Å². The van der Waals surface area contributed by atoms with Gasteiger partial charge in [0.25, 0.3) is 5.91 Å². The van der Waals surface area contributed by atoms with Gasteiger partial charge in [-0.25, -0.2) is 32.2 Å². The number of hydrogen-bond donors (Lipinski definition) is 2. The van der Waals surface area contributed by atoms with E-state index >= 15 is 0 Å². The molecule has 1 amide bonds. The van der Waals surface area contributed by atoms with Crippen molar-refractivity contribution < 1.29 is 31.5 Å². The molecule has 17 heteroatoms. The number of aromatic nitrogens is 4. The highest BCUT2D eigenvalue weighted by Crippen LogP contribution is 2.37. The summed E-state index contributed by atoms with van der Waals surface area (Å²) in [6, 6.07) is 17.4. The number of nitrogens with one attached hydrogen (secondary N) is 2. The number of hydrogen-bond acceptors (Lipinski definition) is 11. The van der Waals surface area contributed by atoms with Gasteiger partial charge in [-0.15, -0.1) is 0 Å². The van der Waals surface area contributed by atoms with Crippen LogP contribution in [0.15, 0.2) is 97.1 Å². The van der Waals surface area contributed by atoms with Crippen molar-refractivity contribution in [3.63, 3.8) is 0 Å². The van der Waals surface area contributed by atoms with Crippen molar-refractivity contribution in [2.24, 2.45) is 0 Å². The molecule has 0 spiro atoms. The van der Waals surface area contributed by atoms with E-state index in [1.54, 1.807) is 41.9 Å². The maximum atomic E-state index is 14.7. The largest absolute Gasteiger partial charge is 0.494 e. The first kappa shape index (κ1) is 41.8. The van der Waals surface area contributed by atoms with Crippen LogP contribution in [0.5, 0.6) is 11.5 Å². The van der Waals surface area contributed by atoms with Gasteiger partial charge >= 0.3 is 0 Å². The summed E-state index contributed by atoms with van der Waals surface area (Å²) in [6.07, 6.45) is 8.34. The summed E-state index contributed by atoms with van der Waals surface area (Å²) in [5.41, 5.74) is 4.67. The second kappa shape index (κ2) is 17.6. The number of methoxy groups -OCH3 is 1. The number of piperazine rings is 1. The molecular weight excluding hydrogens is 805 g/mol. The van der Waals surface area contributed by atoms with Gasteiger partial charge in [0.05, 0.1) is 47.8 Å². The molecule has 2 aliphatic heterocycles. The summed E-state index contributed by atoms with van der Waals surface area (Å²) in [5.74, 6) is -0.292. The number of anilines is 3. The molecule has 2 saturated heterocycles. The van der Waals surface area contributed by atoms with Crippen molar-refractivity contribution in [2.75, 3.05) is 62.9 Å². The van der Waals surface area contributed by atoms with Crippen molar-refractivity contribution >= 4 is 38.9 Å². The average Bonchev–Trinajstić information content (AvgIpc) is 3.65. The van der Waals surface area contributed by atoms with Gasteiger partial charge in [0.15, 0.2) is 0 Å². The molecule has 2 unspecified atom stereocenters. The Morgan fingerprint density at radius 2 is 1.74 bits per heavy atom. The lowest BCUT2D eigenvalue weighted by molar-refractivity contribution is 0.0915. The van der Waals surface area contributed by atoms with Crippen molar-refractivity contribution in [1.29, 1.82) is 0 Å². The van der Waals surface area contributed by atoms with Crippen LogP contribution in [0.2, 0.25) is 0 Å². The Morgan fingerprint density at radius 3 is 2.46 bits per heavy atom. The number of allylic oxidation sites excluding steroid dienone is 2. The van der Waals surface area contributed by atoms with Crippen LogP contribution < -0.4 is 25.0 Å². The predicted octanol–water partition coefficient (Wildman–Crippen LogP) is 6.40. The molecule has 61 heavy (non-hydrogen) atoms. The minimum absolute atomic E-state index is 0.0960. The summed E-state index contributed by atoms with van der Waals surface area (Å²) in [7, 11) is -1.54. The Morgan fingerprint density at radius 1 is 0.951 bits per heavy atom. The maximum Gasteiger partial charge on any atom is 0.255 e. The first-order valence-electron chi connectivity index (χ1n) is 20.4. The number of carbonyl (C=O) groups excluding carboxylic acids is 1. The van der Waals surface area contributed by atoms with Gasteiger partial charge in [-0.1, -0.05) is 12.1 Å². The fourth-order valence-electron chi connectivity index (χ4n) is 8.18. The quantitative estimate of drug-likeness (QED) is 0.144. The summed E-state index contributed by atoms with van der Waals surface area (Å²) >= 11 is 0. The van der Waals surface area contributed by atoms with Crippen LogP contribution >= 0.6 is 0 Å². The highest BCUT2D eigenvalue weighted by Gasteiger charge is 2.32. The molecule has 0 bridgehead atoms. The SMILES string of the molecule is COc1cc(N2CCC(N3CCN(S(C)(=O)=O)CC3)CC2)ccc1Nc1nccc(-c2c(-c3ccc(OC(C)C)c(C(=O)NC4C(F)=CC=CC4F)c3)nc3ccccn23)n1. The lowest BCUT2D eigenvalue weighted by Crippen LogP contribution is -2.54. The number of alkyl halides is 1. The molecule has 2 N–H and O–H groups in total. The molecule has 2 atom stereocenters. The number of rotatable bonds is 12. The number of amides is 1. The van der Waals surface area contributed by atoms with E-state index in [0.29, 0.717) is 64.8 Å². The summed E-state index contributed by atoms with van der Waals surface area (Å²) < 4.78 is 68.6. The fraction of sp³-hybridized carbons (Fsp3) is 0.364. The number of pyridine rings is 1. The van der Waals surface area contributed by atoms with Gasteiger partial charge in [0.2, 0.25) is 16.0 Å². The third-order valence-corrected chi connectivity index (χ3v) is 12.6. The van der Waals surface area contributed by atoms with Gasteiger partial charge < -0.3 is 25.0 Å². The number of ether oxygens (including phenoxy) is 2. The Kier molecular flexibility index (Phi) is 12.1. The van der Waals surface area contributed by atoms with Gasteiger partial charge in [-0.05, 0) is 87.4 Å². The molecule has 0 saturated carbocycles. The Bertz CT molecular complexity index is 2590. The number of benzene rings is 2. The van der Waals surface area contributed by atoms with Crippen LogP contribution in [0.25, 0.3) is 28.3 Å². The number of fused-ring (bicyclic) bond motifs is 1. The second-order valence-electron chi connectivity index (χ2n) is 15.6. The molecule has 0 radical (unpaired) electrons. The molecule has 320 valence electrons. The molecule has 8 rings (SSSR count). The monoisotopic (exact) mass is 853 g/mol. The minimum atomic E-state index is -3.17. The number of piperidine rings is 1. The molecule has 1 aliphatic carbocycles. The Hall–Kier alpha value is -5.91. The van der Waals surface area contributed by atoms with E-state index in [2.05, 4.69) is 25.4 Å². The zero-order valence-corrected chi connectivity index (χ0v) is 35.3. The maximum absolute atomic E-state index is 14.7. The van der Waals surface area contributed by atoms with Crippen LogP contribution in [0.4, 0.5) is 26.1 Å². The summed E-state index contributed by atoms with van der Waals surface area (Å²) in [4.78, 5) is 32.9. The lowest BCUT2D eigenvalue weighted by atomic mass is 10.0. The third-order valence-electron chi connectivity index (χ3n) is 11.3. The van der Waals surface area contributed by atoms with E-state index in [4.69, 9.17) is 19.4 Å². The third kappa shape index (κ3) is 9.09. The Balaban J connectivity index is 1.03. The molecular formula is C44H49F2N9O5S. The van der Waals surface area contributed by atoms with Crippen molar-refractivity contribution in [3.8, 4) is 34.1 Å². The highest BCUT2D eigenvalue weighted by molar-refractivity contribution is 7.88. The smallest absolute Gasteiger partial charge is 0.255 e. The minimum Gasteiger partial charge on any atom is -0.494 e. The summed E-state index contributed by atoms with van der Waals surface area (Å²) in [6.45, 7) is 7.95. The van der Waals surface area contributed by atoms with Crippen LogP contribution in [-0.4, -0.2) is 120 Å². The fourth-order valence-corrected chi connectivity index (χ4v) is 9.01. The molecule has 5 aromatic rings. The van der Waals surface area contributed by atoms with Crippen molar-refractivity contribution in [1.82, 2.24) is 33.9 Å². The van der Waals surface area contributed by atoms with Crippen molar-refractivity contribution in [3.05, 3.63) is 103 Å². The topological polar surface area (TPSA) is 147 Å². The van der Waals surface area contributed by atoms with Crippen molar-refractivity contribution in [2.45, 2.75) is 51.0 Å². The van der Waals surface area contributed by atoms with E-state index in [1.165, 1.54) is 18.4 Å². The molecule has 3 aliphatic rings. The summed E-state index contributed by atoms with van der Waals surface area (Å²) in [5, 5.41) is 5.84. The number of imidazole rings is 1. The zero-order valence-electron chi connectivity index (χ0n) is 34.5. The molecule has 5 heterocycles. The second-order valence-corrected chi connectivity index (χ2v) is 17.6. The number of halogens is 2. The van der Waals surface area contributed by atoms with E-state index < -0.39 is 34.0 Å². The van der Waals surface area contributed by atoms with Crippen LogP contribution in [-0.2, 0) is 10.0 Å². The van der Waals surface area contributed by atoms with Gasteiger partial charge in [0.1, 0.15) is 35.2 Å². The lowest BCUT2D eigenvalue weighted by Gasteiger charge is -2.42. The molecule has 2 aromatic carbocycles. The van der Waals surface area contributed by atoms with Crippen LogP contribution in [0.1, 0.15) is 37.0 Å². The first-order chi connectivity index (χ1) is 29.4. The zero-order chi connectivity index (χ0) is 42.8. The molecule has 2 fully saturated rings. The van der Waals surface area contributed by atoms with E-state index in [9.17, 15) is 22.0 Å². The van der Waals surface area contributed by atoms with E-state index in [-0.39, 0.29) is 17.4 Å². The molecule has 14 nitrogen and oxygen atoms in total. The Labute approximate surface area is 354 Å².